The first-order chi connectivity index (χ1) is 20.0. The lowest BCUT2D eigenvalue weighted by Crippen LogP contribution is -2.63. The molecule has 0 bridgehead atoms. The van der Waals surface area contributed by atoms with E-state index >= 15 is 0 Å². The van der Waals surface area contributed by atoms with E-state index in [0.29, 0.717) is 12.3 Å². The molecule has 1 saturated heterocycles. The second kappa shape index (κ2) is 26.1. The van der Waals surface area contributed by atoms with Gasteiger partial charge in [-0.1, -0.05) is 154 Å². The summed E-state index contributed by atoms with van der Waals surface area (Å²) in [6.07, 6.45) is 20.8. The molecule has 0 radical (unpaired) electrons. The van der Waals surface area contributed by atoms with E-state index < -0.39 is 37.3 Å². The summed E-state index contributed by atoms with van der Waals surface area (Å²) in [5.41, 5.74) is 0. The van der Waals surface area contributed by atoms with Gasteiger partial charge in [-0.3, -0.25) is 4.79 Å². The Morgan fingerprint density at radius 3 is 1.46 bits per heavy atom. The molecule has 0 spiro atoms. The van der Waals surface area contributed by atoms with Gasteiger partial charge in [0.1, 0.15) is 24.4 Å². The molecule has 244 valence electrons. The van der Waals surface area contributed by atoms with Crippen molar-refractivity contribution in [1.82, 2.24) is 4.90 Å². The van der Waals surface area contributed by atoms with Crippen LogP contribution in [0.4, 0.5) is 4.79 Å². The molecular weight excluding hydrogens is 538 g/mol. The lowest BCUT2D eigenvalue weighted by Gasteiger charge is -2.44. The van der Waals surface area contributed by atoms with Crippen LogP contribution in [0.3, 0.4) is 0 Å². The zero-order valence-electron chi connectivity index (χ0n) is 26.5. The number of aliphatic hydroxyl groups is 4. The topological polar surface area (TPSA) is 110 Å². The van der Waals surface area contributed by atoms with Crippen LogP contribution in [0.25, 0.3) is 0 Å². The average molecular weight is 604 g/mol. The largest absolute Gasteiger partial charge is 0.394 e. The first-order valence-corrected chi connectivity index (χ1v) is 18.2. The summed E-state index contributed by atoms with van der Waals surface area (Å²) in [6, 6.07) is 0. The molecule has 8 heteroatoms. The van der Waals surface area contributed by atoms with Gasteiger partial charge in [0.15, 0.2) is 6.23 Å². The lowest BCUT2D eigenvalue weighted by molar-refractivity contribution is -0.256. The van der Waals surface area contributed by atoms with E-state index in [-0.39, 0.29) is 5.24 Å². The molecule has 0 aromatic carbocycles. The second-order valence-electron chi connectivity index (χ2n) is 12.1. The fraction of sp³-hybridized carbons (Fsp3) is 0.970. The van der Waals surface area contributed by atoms with Gasteiger partial charge in [0, 0.05) is 12.3 Å². The van der Waals surface area contributed by atoms with E-state index in [0.717, 1.165) is 32.1 Å². The number of unbranched alkanes of at least 4 members (excludes halogenated alkanes) is 20. The van der Waals surface area contributed by atoms with Crippen molar-refractivity contribution < 1.29 is 30.0 Å². The number of rotatable bonds is 26. The van der Waals surface area contributed by atoms with Crippen molar-refractivity contribution >= 4 is 17.0 Å². The van der Waals surface area contributed by atoms with Crippen LogP contribution in [0, 0.1) is 0 Å². The highest BCUT2D eigenvalue weighted by Crippen LogP contribution is 2.27. The highest BCUT2D eigenvalue weighted by molar-refractivity contribution is 8.13. The Hall–Kier alpha value is -0.380. The van der Waals surface area contributed by atoms with Crippen molar-refractivity contribution in [3.63, 3.8) is 0 Å². The van der Waals surface area contributed by atoms with E-state index in [1.165, 1.54) is 126 Å². The van der Waals surface area contributed by atoms with Gasteiger partial charge in [-0.2, -0.15) is 0 Å². The standard InChI is InChI=1S/C33H65NO6S/c1-3-5-7-9-11-12-13-14-15-16-17-18-19-20-21-23-25-34(33(39)41-26-24-22-10-8-6-4-2)32-31(38)30(37)29(36)28(27-35)40-32/h28-32,35-38H,3-27H2,1-2H3/t28-,29-,30+,31-,32?/m1/s1. The van der Waals surface area contributed by atoms with Gasteiger partial charge in [0.2, 0.25) is 0 Å². The summed E-state index contributed by atoms with van der Waals surface area (Å²) in [6.45, 7) is 4.39. The van der Waals surface area contributed by atoms with Gasteiger partial charge < -0.3 is 30.1 Å². The smallest absolute Gasteiger partial charge is 0.283 e. The SMILES string of the molecule is CCCCCCCCCCCCCCCCCCN(C(=O)SCCCCCCCC)C1O[C@H](CO)[C@@H](O)[C@H](O)[C@H]1O. The third-order valence-electron chi connectivity index (χ3n) is 8.38. The highest BCUT2D eigenvalue weighted by atomic mass is 32.2. The van der Waals surface area contributed by atoms with Crippen LogP contribution in [0.5, 0.6) is 0 Å². The van der Waals surface area contributed by atoms with E-state index in [9.17, 15) is 25.2 Å². The predicted molar refractivity (Wildman–Crippen MR) is 171 cm³/mol. The van der Waals surface area contributed by atoms with Crippen LogP contribution in [-0.2, 0) is 4.74 Å². The Morgan fingerprint density at radius 2 is 1.02 bits per heavy atom. The molecular formula is C33H65NO6S. The van der Waals surface area contributed by atoms with Crippen LogP contribution in [0.2, 0.25) is 0 Å². The Bertz CT molecular complexity index is 610. The summed E-state index contributed by atoms with van der Waals surface area (Å²) in [7, 11) is 0. The van der Waals surface area contributed by atoms with Crippen molar-refractivity contribution in [1.29, 1.82) is 0 Å². The molecule has 0 saturated carbocycles. The zero-order valence-corrected chi connectivity index (χ0v) is 27.3. The third kappa shape index (κ3) is 17.5. The molecule has 0 aliphatic carbocycles. The summed E-state index contributed by atoms with van der Waals surface area (Å²) in [4.78, 5) is 14.7. The molecule has 4 N–H and O–H groups in total. The first-order valence-electron chi connectivity index (χ1n) is 17.2. The lowest BCUT2D eigenvalue weighted by atomic mass is 9.97. The van der Waals surface area contributed by atoms with Gasteiger partial charge >= 0.3 is 0 Å². The number of carbonyl (C=O) groups is 1. The third-order valence-corrected chi connectivity index (χ3v) is 9.36. The average Bonchev–Trinajstić information content (AvgIpc) is 2.97. The minimum atomic E-state index is -1.48. The van der Waals surface area contributed by atoms with Crippen LogP contribution in [0.15, 0.2) is 0 Å². The van der Waals surface area contributed by atoms with Crippen molar-refractivity contribution in [3.8, 4) is 0 Å². The minimum Gasteiger partial charge on any atom is -0.394 e. The monoisotopic (exact) mass is 603 g/mol. The molecule has 1 amide bonds. The predicted octanol–water partition coefficient (Wildman–Crippen LogP) is 7.56. The Balaban J connectivity index is 2.33. The maximum atomic E-state index is 13.2. The van der Waals surface area contributed by atoms with Crippen molar-refractivity contribution in [3.05, 3.63) is 0 Å². The minimum absolute atomic E-state index is 0.177. The number of thioether (sulfide) groups is 1. The maximum Gasteiger partial charge on any atom is 0.283 e. The van der Waals surface area contributed by atoms with E-state index in [2.05, 4.69) is 13.8 Å². The molecule has 5 atom stereocenters. The molecule has 1 fully saturated rings. The molecule has 7 nitrogen and oxygen atoms in total. The van der Waals surface area contributed by atoms with Crippen LogP contribution in [-0.4, -0.2) is 80.1 Å². The number of hydrogen-bond acceptors (Lipinski definition) is 7. The summed E-state index contributed by atoms with van der Waals surface area (Å²) >= 11 is 1.23. The number of hydrogen-bond donors (Lipinski definition) is 4. The fourth-order valence-electron chi connectivity index (χ4n) is 5.62. The number of amides is 1. The molecule has 1 unspecified atom stereocenters. The summed E-state index contributed by atoms with van der Waals surface area (Å²) < 4.78 is 5.75. The number of carbonyl (C=O) groups excluding carboxylic acids is 1. The van der Waals surface area contributed by atoms with Crippen molar-refractivity contribution in [2.75, 3.05) is 18.9 Å². The number of nitrogens with zero attached hydrogens (tertiary/aromatic N) is 1. The fourth-order valence-corrected chi connectivity index (χ4v) is 6.50. The van der Waals surface area contributed by atoms with Gasteiger partial charge in [0.05, 0.1) is 6.61 Å². The van der Waals surface area contributed by atoms with E-state index in [1.54, 1.807) is 0 Å². The molecule has 1 rings (SSSR count). The quantitative estimate of drug-likeness (QED) is 0.0755. The molecule has 41 heavy (non-hydrogen) atoms. The van der Waals surface area contributed by atoms with Gasteiger partial charge in [0.25, 0.3) is 5.24 Å². The van der Waals surface area contributed by atoms with Crippen LogP contribution in [0.1, 0.15) is 155 Å². The van der Waals surface area contributed by atoms with Crippen LogP contribution < -0.4 is 0 Å². The normalized spacial score (nSPS) is 22.7. The summed E-state index contributed by atoms with van der Waals surface area (Å²) in [5.74, 6) is 0.706. The van der Waals surface area contributed by atoms with E-state index in [1.807, 2.05) is 0 Å². The van der Waals surface area contributed by atoms with Crippen molar-refractivity contribution in [2.24, 2.45) is 0 Å². The molecule has 0 aromatic heterocycles. The van der Waals surface area contributed by atoms with Crippen LogP contribution >= 0.6 is 11.8 Å². The highest BCUT2D eigenvalue weighted by Gasteiger charge is 2.46. The molecule has 1 aliphatic heterocycles. The Morgan fingerprint density at radius 1 is 0.610 bits per heavy atom. The Labute approximate surface area is 256 Å². The van der Waals surface area contributed by atoms with Gasteiger partial charge in [-0.25, -0.2) is 0 Å². The molecule has 1 heterocycles. The Kier molecular flexibility index (Phi) is 24.6. The van der Waals surface area contributed by atoms with E-state index in [4.69, 9.17) is 4.74 Å². The van der Waals surface area contributed by atoms with Crippen molar-refractivity contribution in [2.45, 2.75) is 186 Å². The first kappa shape index (κ1) is 38.6. The second-order valence-corrected chi connectivity index (χ2v) is 13.1. The molecule has 1 aliphatic rings. The number of aliphatic hydroxyl groups excluding tert-OH is 4. The molecule has 0 aromatic rings. The summed E-state index contributed by atoms with van der Waals surface area (Å²) in [5, 5.41) is 40.5. The maximum absolute atomic E-state index is 13.2. The van der Waals surface area contributed by atoms with Gasteiger partial charge in [-0.15, -0.1) is 0 Å². The number of ether oxygens (including phenoxy) is 1. The van der Waals surface area contributed by atoms with Gasteiger partial charge in [-0.05, 0) is 12.8 Å². The zero-order chi connectivity index (χ0) is 30.1.